The molecule has 50 heavy (non-hydrogen) atoms. The number of phenols is 1. The van der Waals surface area contributed by atoms with E-state index in [9.17, 15) is 14.7 Å². The van der Waals surface area contributed by atoms with Crippen molar-refractivity contribution in [1.82, 2.24) is 35.0 Å². The summed E-state index contributed by atoms with van der Waals surface area (Å²) in [5.74, 6) is 7.23. The minimum atomic E-state index is -0.279. The quantitative estimate of drug-likeness (QED) is 0.108. The number of anilines is 1. The number of phenolic OH excluding ortho intramolecular Hbond substituents is 1. The van der Waals surface area contributed by atoms with E-state index in [4.69, 9.17) is 27.4 Å². The molecule has 11 nitrogen and oxygen atoms in total. The number of rotatable bonds is 9. The average Bonchev–Trinajstić information content (AvgIpc) is 3.75. The van der Waals surface area contributed by atoms with Gasteiger partial charge in [0.15, 0.2) is 5.65 Å². The number of halogens is 1. The first-order valence-electron chi connectivity index (χ1n) is 16.7. The standard InChI is InChI=1S/C38H35ClN8O3/c39-29-13-6-10-25(28(29)21-47-37-34(36(40)41-22-42-37)35(46-47)24-16-18-27(48)19-17-24)20-31-44-30-14-7-9-23(33(30)38(50)45-31)8-2-1-3-15-32(49)43-26-11-4-5-12-26/h6-7,9-10,13-14,16-19,22,26,48H,1,3-5,11-12,15,20-21H2,(H,43,49)(H2,40,41,42)(H,44,45,50). The van der Waals surface area contributed by atoms with Crippen molar-refractivity contribution >= 4 is 45.3 Å². The number of aromatic nitrogens is 6. The van der Waals surface area contributed by atoms with Crippen LogP contribution < -0.4 is 16.6 Å². The third-order valence-electron chi connectivity index (χ3n) is 9.01. The second kappa shape index (κ2) is 14.4. The molecule has 6 aromatic rings. The van der Waals surface area contributed by atoms with Crippen LogP contribution in [0.15, 0.2) is 71.8 Å². The molecule has 7 rings (SSSR count). The highest BCUT2D eigenvalue weighted by Gasteiger charge is 2.20. The lowest BCUT2D eigenvalue weighted by Gasteiger charge is -2.12. The zero-order chi connectivity index (χ0) is 34.6. The number of nitrogens with one attached hydrogen (secondary N) is 2. The molecule has 0 unspecified atom stereocenters. The van der Waals surface area contributed by atoms with Gasteiger partial charge >= 0.3 is 0 Å². The molecule has 1 fully saturated rings. The second-order valence-corrected chi connectivity index (χ2v) is 12.9. The summed E-state index contributed by atoms with van der Waals surface area (Å²) in [4.78, 5) is 42.1. The van der Waals surface area contributed by atoms with Crippen molar-refractivity contribution in [2.75, 3.05) is 5.73 Å². The molecule has 3 aromatic heterocycles. The first-order chi connectivity index (χ1) is 24.3. The van der Waals surface area contributed by atoms with Crippen molar-refractivity contribution in [2.24, 2.45) is 0 Å². The fraction of sp³-hybridized carbons (Fsp3) is 0.263. The smallest absolute Gasteiger partial charge is 0.260 e. The molecule has 252 valence electrons. The van der Waals surface area contributed by atoms with E-state index >= 15 is 0 Å². The number of nitrogens with zero attached hydrogens (tertiary/aromatic N) is 5. The van der Waals surface area contributed by atoms with Gasteiger partial charge in [-0.2, -0.15) is 5.10 Å². The number of carbonyl (C=O) groups is 1. The molecule has 1 amide bonds. The molecule has 0 spiro atoms. The lowest BCUT2D eigenvalue weighted by atomic mass is 10.0. The number of hydrogen-bond donors (Lipinski definition) is 4. The molecule has 0 saturated heterocycles. The summed E-state index contributed by atoms with van der Waals surface area (Å²) in [6.07, 6.45) is 7.84. The summed E-state index contributed by atoms with van der Waals surface area (Å²) < 4.78 is 1.73. The first-order valence-corrected chi connectivity index (χ1v) is 17.0. The van der Waals surface area contributed by atoms with E-state index in [0.29, 0.717) is 75.8 Å². The molecule has 0 radical (unpaired) electrons. The Hall–Kier alpha value is -5.73. The number of amides is 1. The van der Waals surface area contributed by atoms with Crippen molar-refractivity contribution in [2.45, 2.75) is 64.0 Å². The Kier molecular flexibility index (Phi) is 9.45. The first kappa shape index (κ1) is 32.8. The summed E-state index contributed by atoms with van der Waals surface area (Å²) in [5, 5.41) is 19.3. The van der Waals surface area contributed by atoms with Crippen LogP contribution in [0, 0.1) is 11.8 Å². The number of carbonyl (C=O) groups excluding carboxylic acids is 1. The van der Waals surface area contributed by atoms with E-state index in [1.165, 1.54) is 19.2 Å². The van der Waals surface area contributed by atoms with Crippen LogP contribution in [-0.4, -0.2) is 46.8 Å². The number of fused-ring (bicyclic) bond motifs is 2. The molecular weight excluding hydrogens is 652 g/mol. The van der Waals surface area contributed by atoms with Gasteiger partial charge in [-0.3, -0.25) is 9.59 Å². The maximum absolute atomic E-state index is 13.4. The number of aromatic amines is 1. The van der Waals surface area contributed by atoms with Crippen LogP contribution in [0.1, 0.15) is 67.5 Å². The molecule has 3 aromatic carbocycles. The Morgan fingerprint density at radius 1 is 1.06 bits per heavy atom. The number of nitrogens with two attached hydrogens (primary N) is 1. The highest BCUT2D eigenvalue weighted by atomic mass is 35.5. The molecule has 5 N–H and O–H groups in total. The van der Waals surface area contributed by atoms with Gasteiger partial charge in [0.05, 0.1) is 22.8 Å². The van der Waals surface area contributed by atoms with E-state index in [-0.39, 0.29) is 29.6 Å². The molecule has 0 aliphatic heterocycles. The van der Waals surface area contributed by atoms with Gasteiger partial charge in [0.1, 0.15) is 29.4 Å². The Balaban J connectivity index is 1.12. The van der Waals surface area contributed by atoms with Crippen molar-refractivity contribution in [3.63, 3.8) is 0 Å². The summed E-state index contributed by atoms with van der Waals surface area (Å²) in [5.41, 5.74) is 10.6. The highest BCUT2D eigenvalue weighted by molar-refractivity contribution is 6.31. The summed E-state index contributed by atoms with van der Waals surface area (Å²) in [7, 11) is 0. The molecule has 1 aliphatic rings. The van der Waals surface area contributed by atoms with Gasteiger partial charge in [0, 0.05) is 41.5 Å². The second-order valence-electron chi connectivity index (χ2n) is 12.5. The van der Waals surface area contributed by atoms with Crippen molar-refractivity contribution in [1.29, 1.82) is 0 Å². The fourth-order valence-electron chi connectivity index (χ4n) is 6.53. The van der Waals surface area contributed by atoms with Gasteiger partial charge in [0.25, 0.3) is 5.56 Å². The third kappa shape index (κ3) is 7.02. The van der Waals surface area contributed by atoms with Gasteiger partial charge in [-0.1, -0.05) is 54.5 Å². The van der Waals surface area contributed by atoms with E-state index in [0.717, 1.165) is 29.5 Å². The maximum atomic E-state index is 13.4. The van der Waals surface area contributed by atoms with Crippen LogP contribution in [0.3, 0.4) is 0 Å². The fourth-order valence-corrected chi connectivity index (χ4v) is 6.78. The largest absolute Gasteiger partial charge is 0.508 e. The zero-order valence-corrected chi connectivity index (χ0v) is 28.0. The van der Waals surface area contributed by atoms with E-state index in [1.807, 2.05) is 24.3 Å². The Morgan fingerprint density at radius 2 is 1.86 bits per heavy atom. The Labute approximate surface area is 292 Å². The predicted molar refractivity (Wildman–Crippen MR) is 194 cm³/mol. The Morgan fingerprint density at radius 3 is 2.68 bits per heavy atom. The molecule has 12 heteroatoms. The summed E-state index contributed by atoms with van der Waals surface area (Å²) in [6, 6.07) is 18.0. The van der Waals surface area contributed by atoms with Gasteiger partial charge in [-0.25, -0.2) is 19.6 Å². The highest BCUT2D eigenvalue weighted by Crippen LogP contribution is 2.32. The van der Waals surface area contributed by atoms with Crippen molar-refractivity contribution in [3.05, 3.63) is 105 Å². The SMILES string of the molecule is Nc1ncnc2c1c(-c1ccc(O)cc1)nn2Cc1c(Cl)cccc1Cc1nc2cccc(C#CCCCC(=O)NC3CCCC3)c2c(=O)[nH]1. The summed E-state index contributed by atoms with van der Waals surface area (Å²) >= 11 is 6.79. The minimum Gasteiger partial charge on any atom is -0.508 e. The van der Waals surface area contributed by atoms with Crippen LogP contribution >= 0.6 is 11.6 Å². The average molecular weight is 687 g/mol. The molecule has 0 atom stereocenters. The number of nitrogen functional groups attached to an aromatic ring is 1. The van der Waals surface area contributed by atoms with Crippen molar-refractivity contribution < 1.29 is 9.90 Å². The normalized spacial score (nSPS) is 13.1. The van der Waals surface area contributed by atoms with Crippen LogP contribution in [0.5, 0.6) is 5.75 Å². The monoisotopic (exact) mass is 686 g/mol. The van der Waals surface area contributed by atoms with Gasteiger partial charge in [-0.05, 0) is 72.9 Å². The molecule has 1 saturated carbocycles. The minimum absolute atomic E-state index is 0.0790. The van der Waals surface area contributed by atoms with E-state index in [2.05, 4.69) is 32.1 Å². The number of H-pyrrole nitrogens is 1. The van der Waals surface area contributed by atoms with Gasteiger partial charge < -0.3 is 21.1 Å². The number of unbranched alkanes of at least 4 members (excludes halogenated alkanes) is 1. The van der Waals surface area contributed by atoms with Gasteiger partial charge in [-0.15, -0.1) is 0 Å². The molecule has 0 bridgehead atoms. The maximum Gasteiger partial charge on any atom is 0.260 e. The van der Waals surface area contributed by atoms with E-state index in [1.54, 1.807) is 41.1 Å². The Bertz CT molecular complexity index is 2330. The lowest BCUT2D eigenvalue weighted by molar-refractivity contribution is -0.121. The summed E-state index contributed by atoms with van der Waals surface area (Å²) in [6.45, 7) is 0.264. The lowest BCUT2D eigenvalue weighted by Crippen LogP contribution is -2.32. The van der Waals surface area contributed by atoms with Crippen LogP contribution in [0.4, 0.5) is 5.82 Å². The predicted octanol–water partition coefficient (Wildman–Crippen LogP) is 5.89. The van der Waals surface area contributed by atoms with Crippen LogP contribution in [-0.2, 0) is 17.8 Å². The van der Waals surface area contributed by atoms with Crippen LogP contribution in [0.2, 0.25) is 5.02 Å². The molecule has 3 heterocycles. The zero-order valence-electron chi connectivity index (χ0n) is 27.2. The number of aromatic hydroxyl groups is 1. The molecular formula is C38H35ClN8O3. The van der Waals surface area contributed by atoms with Crippen molar-refractivity contribution in [3.8, 4) is 28.8 Å². The topological polar surface area (TPSA) is 165 Å². The third-order valence-corrected chi connectivity index (χ3v) is 9.37. The molecule has 1 aliphatic carbocycles. The van der Waals surface area contributed by atoms with Gasteiger partial charge in [0.2, 0.25) is 5.91 Å². The number of hydrogen-bond acceptors (Lipinski definition) is 8. The number of benzene rings is 3. The van der Waals surface area contributed by atoms with E-state index < -0.39 is 0 Å². The van der Waals surface area contributed by atoms with Crippen LogP contribution in [0.25, 0.3) is 33.2 Å².